The average molecular weight is 259 g/mol. The zero-order valence-electron chi connectivity index (χ0n) is 10.6. The molecule has 0 aliphatic heterocycles. The summed E-state index contributed by atoms with van der Waals surface area (Å²) in [6, 6.07) is 8.07. The highest BCUT2D eigenvalue weighted by Crippen LogP contribution is 2.28. The largest absolute Gasteiger partial charge is 0.497 e. The minimum absolute atomic E-state index is 0.0716. The van der Waals surface area contributed by atoms with Crippen LogP contribution in [0.5, 0.6) is 5.75 Å². The maximum atomic E-state index is 10.8. The number of methoxy groups -OCH3 is 1. The van der Waals surface area contributed by atoms with E-state index in [-0.39, 0.29) is 11.5 Å². The van der Waals surface area contributed by atoms with E-state index in [0.717, 1.165) is 16.9 Å². The van der Waals surface area contributed by atoms with Gasteiger partial charge in [0.2, 0.25) is 0 Å². The lowest BCUT2D eigenvalue weighted by molar-refractivity contribution is -0.384. The Morgan fingerprint density at radius 3 is 2.63 bits per heavy atom. The molecule has 0 atom stereocenters. The first-order valence-corrected chi connectivity index (χ1v) is 5.58. The second-order valence-corrected chi connectivity index (χ2v) is 4.07. The summed E-state index contributed by atoms with van der Waals surface area (Å²) in [4.78, 5) is 14.5. The Kier molecular flexibility index (Phi) is 3.33. The Morgan fingerprint density at radius 2 is 2.05 bits per heavy atom. The van der Waals surface area contributed by atoms with Gasteiger partial charge in [-0.25, -0.2) is 4.98 Å². The van der Waals surface area contributed by atoms with Gasteiger partial charge in [0.25, 0.3) is 5.69 Å². The van der Waals surface area contributed by atoms with Crippen molar-refractivity contribution in [2.45, 2.75) is 6.92 Å². The standard InChI is InChI=1S/C13H13N3O3/c1-8-5-10(19-2)3-4-11(8)12-6-9(16(17)18)7-13(14)15-12/h3-7H,1-2H3,(H2,14,15). The fourth-order valence-corrected chi connectivity index (χ4v) is 1.83. The minimum atomic E-state index is -0.486. The van der Waals surface area contributed by atoms with Gasteiger partial charge in [-0.2, -0.15) is 0 Å². The van der Waals surface area contributed by atoms with Crippen LogP contribution in [0.15, 0.2) is 30.3 Å². The van der Waals surface area contributed by atoms with E-state index in [1.807, 2.05) is 13.0 Å². The van der Waals surface area contributed by atoms with E-state index in [1.54, 1.807) is 19.2 Å². The number of ether oxygens (including phenoxy) is 1. The summed E-state index contributed by atoms with van der Waals surface area (Å²) >= 11 is 0. The van der Waals surface area contributed by atoms with E-state index < -0.39 is 4.92 Å². The fourth-order valence-electron chi connectivity index (χ4n) is 1.83. The molecular weight excluding hydrogens is 246 g/mol. The highest BCUT2D eigenvalue weighted by molar-refractivity contribution is 5.68. The molecule has 0 fully saturated rings. The molecule has 0 radical (unpaired) electrons. The molecule has 0 unspecified atom stereocenters. The Labute approximate surface area is 110 Å². The van der Waals surface area contributed by atoms with Gasteiger partial charge in [-0.3, -0.25) is 10.1 Å². The van der Waals surface area contributed by atoms with Crippen LogP contribution in [0.25, 0.3) is 11.3 Å². The maximum Gasteiger partial charge on any atom is 0.275 e. The molecule has 0 amide bonds. The number of rotatable bonds is 3. The van der Waals surface area contributed by atoms with Gasteiger partial charge in [0.05, 0.1) is 23.8 Å². The topological polar surface area (TPSA) is 91.3 Å². The SMILES string of the molecule is COc1ccc(-c2cc([N+](=O)[O-])cc(N)n2)c(C)c1. The first kappa shape index (κ1) is 12.8. The smallest absolute Gasteiger partial charge is 0.275 e. The second-order valence-electron chi connectivity index (χ2n) is 4.07. The summed E-state index contributed by atoms with van der Waals surface area (Å²) in [7, 11) is 1.58. The molecule has 2 N–H and O–H groups in total. The van der Waals surface area contributed by atoms with Crippen molar-refractivity contribution in [1.29, 1.82) is 0 Å². The van der Waals surface area contributed by atoms with E-state index in [9.17, 15) is 10.1 Å². The summed E-state index contributed by atoms with van der Waals surface area (Å²) in [5.41, 5.74) is 7.70. The molecule has 2 rings (SSSR count). The van der Waals surface area contributed by atoms with Crippen LogP contribution < -0.4 is 10.5 Å². The van der Waals surface area contributed by atoms with E-state index >= 15 is 0 Å². The minimum Gasteiger partial charge on any atom is -0.497 e. The lowest BCUT2D eigenvalue weighted by Crippen LogP contribution is -1.97. The highest BCUT2D eigenvalue weighted by atomic mass is 16.6. The van der Waals surface area contributed by atoms with Gasteiger partial charge >= 0.3 is 0 Å². The molecule has 0 aliphatic rings. The number of aromatic nitrogens is 1. The van der Waals surface area contributed by atoms with E-state index in [2.05, 4.69) is 4.98 Å². The van der Waals surface area contributed by atoms with E-state index in [1.165, 1.54) is 12.1 Å². The summed E-state index contributed by atoms with van der Waals surface area (Å²) in [5, 5.41) is 10.8. The molecule has 1 aromatic carbocycles. The molecular formula is C13H13N3O3. The predicted octanol–water partition coefficient (Wildman–Crippen LogP) is 2.56. The van der Waals surface area contributed by atoms with Gasteiger partial charge in [0.15, 0.2) is 0 Å². The summed E-state index contributed by atoms with van der Waals surface area (Å²) in [6.07, 6.45) is 0. The monoisotopic (exact) mass is 259 g/mol. The molecule has 19 heavy (non-hydrogen) atoms. The van der Waals surface area contributed by atoms with E-state index in [4.69, 9.17) is 10.5 Å². The summed E-state index contributed by atoms with van der Waals surface area (Å²) in [5.74, 6) is 0.846. The van der Waals surface area contributed by atoms with Gasteiger partial charge in [0.1, 0.15) is 11.6 Å². The number of pyridine rings is 1. The molecule has 0 saturated carbocycles. The number of benzene rings is 1. The van der Waals surface area contributed by atoms with Crippen molar-refractivity contribution in [1.82, 2.24) is 4.98 Å². The molecule has 2 aromatic rings. The van der Waals surface area contributed by atoms with Crippen LogP contribution in [0.3, 0.4) is 0 Å². The molecule has 0 aliphatic carbocycles. The molecule has 0 saturated heterocycles. The first-order chi connectivity index (χ1) is 9.01. The van der Waals surface area contributed by atoms with Crippen LogP contribution in [0.4, 0.5) is 11.5 Å². The lowest BCUT2D eigenvalue weighted by atomic mass is 10.0. The molecule has 0 spiro atoms. The van der Waals surface area contributed by atoms with Crippen LogP contribution in [-0.4, -0.2) is 17.0 Å². The molecule has 1 aromatic heterocycles. The number of anilines is 1. The van der Waals surface area contributed by atoms with Gasteiger partial charge in [0, 0.05) is 11.6 Å². The number of nitrogens with zero attached hydrogens (tertiary/aromatic N) is 2. The third-order valence-electron chi connectivity index (χ3n) is 2.75. The van der Waals surface area contributed by atoms with Crippen molar-refractivity contribution < 1.29 is 9.66 Å². The summed E-state index contributed by atoms with van der Waals surface area (Å²) < 4.78 is 5.12. The Bertz CT molecular complexity index is 641. The predicted molar refractivity (Wildman–Crippen MR) is 72.0 cm³/mol. The number of nitro groups is 1. The zero-order chi connectivity index (χ0) is 14.0. The third-order valence-corrected chi connectivity index (χ3v) is 2.75. The van der Waals surface area contributed by atoms with Crippen LogP contribution in [0, 0.1) is 17.0 Å². The third kappa shape index (κ3) is 2.62. The van der Waals surface area contributed by atoms with Gasteiger partial charge in [-0.1, -0.05) is 0 Å². The average Bonchev–Trinajstić information content (AvgIpc) is 2.37. The van der Waals surface area contributed by atoms with Crippen molar-refractivity contribution in [3.05, 3.63) is 46.0 Å². The normalized spacial score (nSPS) is 10.2. The molecule has 1 heterocycles. The first-order valence-electron chi connectivity index (χ1n) is 5.58. The highest BCUT2D eigenvalue weighted by Gasteiger charge is 2.12. The number of aryl methyl sites for hydroxylation is 1. The number of hydrogen-bond donors (Lipinski definition) is 1. The lowest BCUT2D eigenvalue weighted by Gasteiger charge is -2.08. The van der Waals surface area contributed by atoms with Crippen LogP contribution in [-0.2, 0) is 0 Å². The number of hydrogen-bond acceptors (Lipinski definition) is 5. The van der Waals surface area contributed by atoms with Crippen molar-refractivity contribution in [2.75, 3.05) is 12.8 Å². The Balaban J connectivity index is 2.55. The van der Waals surface area contributed by atoms with E-state index in [0.29, 0.717) is 5.69 Å². The van der Waals surface area contributed by atoms with Crippen LogP contribution in [0.2, 0.25) is 0 Å². The second kappa shape index (κ2) is 4.93. The maximum absolute atomic E-state index is 10.8. The molecule has 98 valence electrons. The Hall–Kier alpha value is -2.63. The Morgan fingerprint density at radius 1 is 1.32 bits per heavy atom. The summed E-state index contributed by atoms with van der Waals surface area (Å²) in [6.45, 7) is 1.88. The van der Waals surface area contributed by atoms with Crippen LogP contribution >= 0.6 is 0 Å². The number of nitrogen functional groups attached to an aromatic ring is 1. The van der Waals surface area contributed by atoms with Crippen molar-refractivity contribution in [3.63, 3.8) is 0 Å². The molecule has 6 heteroatoms. The molecule has 6 nitrogen and oxygen atoms in total. The fraction of sp³-hybridized carbons (Fsp3) is 0.154. The van der Waals surface area contributed by atoms with Crippen molar-refractivity contribution in [2.24, 2.45) is 0 Å². The quantitative estimate of drug-likeness (QED) is 0.675. The van der Waals surface area contributed by atoms with Gasteiger partial charge in [-0.05, 0) is 30.7 Å². The van der Waals surface area contributed by atoms with Gasteiger partial charge in [-0.15, -0.1) is 0 Å². The van der Waals surface area contributed by atoms with Crippen LogP contribution in [0.1, 0.15) is 5.56 Å². The zero-order valence-corrected chi connectivity index (χ0v) is 10.6. The van der Waals surface area contributed by atoms with Crippen molar-refractivity contribution in [3.8, 4) is 17.0 Å². The van der Waals surface area contributed by atoms with Gasteiger partial charge < -0.3 is 10.5 Å². The molecule has 0 bridgehead atoms. The van der Waals surface area contributed by atoms with Crippen molar-refractivity contribution >= 4 is 11.5 Å². The number of nitrogens with two attached hydrogens (primary N) is 1.